The number of aromatic nitrogens is 1. The molecule has 23 heavy (non-hydrogen) atoms. The highest BCUT2D eigenvalue weighted by atomic mass is 32.1. The second-order valence-corrected chi connectivity index (χ2v) is 7.60. The van der Waals surface area contributed by atoms with Gasteiger partial charge < -0.3 is 4.98 Å². The zero-order chi connectivity index (χ0) is 16.4. The van der Waals surface area contributed by atoms with E-state index in [1.165, 1.54) is 22.3 Å². The van der Waals surface area contributed by atoms with Crippen LogP contribution in [0.25, 0.3) is 12.2 Å². The fourth-order valence-corrected chi connectivity index (χ4v) is 4.00. The smallest absolute Gasteiger partial charge is 0.266 e. The van der Waals surface area contributed by atoms with Gasteiger partial charge in [-0.1, -0.05) is 24.3 Å². The van der Waals surface area contributed by atoms with Gasteiger partial charge in [0, 0.05) is 21.4 Å². The van der Waals surface area contributed by atoms with Crippen molar-refractivity contribution in [2.45, 2.75) is 13.8 Å². The van der Waals surface area contributed by atoms with Crippen LogP contribution in [0, 0.1) is 13.8 Å². The molecule has 1 N–H and O–H groups in total. The molecule has 3 rings (SSSR count). The van der Waals surface area contributed by atoms with Crippen LogP contribution in [0.5, 0.6) is 0 Å². The van der Waals surface area contributed by atoms with Crippen LogP contribution in [0.4, 0.5) is 0 Å². The van der Waals surface area contributed by atoms with Gasteiger partial charge in [-0.3, -0.25) is 9.59 Å². The lowest BCUT2D eigenvalue weighted by Crippen LogP contribution is -2.19. The van der Waals surface area contributed by atoms with Gasteiger partial charge in [0.15, 0.2) is 5.78 Å². The number of thiazole rings is 1. The molecule has 0 bridgehead atoms. The Morgan fingerprint density at radius 3 is 2.57 bits per heavy atom. The van der Waals surface area contributed by atoms with Gasteiger partial charge in [-0.15, -0.1) is 22.7 Å². The van der Waals surface area contributed by atoms with E-state index >= 15 is 0 Å². The van der Waals surface area contributed by atoms with E-state index in [2.05, 4.69) is 4.98 Å². The summed E-state index contributed by atoms with van der Waals surface area (Å²) in [6.07, 6.45) is 3.35. The van der Waals surface area contributed by atoms with Crippen LogP contribution in [-0.4, -0.2) is 10.8 Å². The molecule has 0 aliphatic rings. The van der Waals surface area contributed by atoms with E-state index in [1.54, 1.807) is 17.4 Å². The van der Waals surface area contributed by atoms with E-state index in [9.17, 15) is 9.59 Å². The Bertz CT molecular complexity index is 1040. The predicted molar refractivity (Wildman–Crippen MR) is 96.8 cm³/mol. The van der Waals surface area contributed by atoms with Crippen molar-refractivity contribution in [2.24, 2.45) is 0 Å². The molecule has 0 radical (unpaired) electrons. The summed E-state index contributed by atoms with van der Waals surface area (Å²) in [6, 6.07) is 11.4. The third-order valence-corrected chi connectivity index (χ3v) is 5.30. The summed E-state index contributed by atoms with van der Waals surface area (Å²) >= 11 is 2.93. The van der Waals surface area contributed by atoms with Crippen LogP contribution in [0.2, 0.25) is 0 Å². The fourth-order valence-electron chi connectivity index (χ4n) is 2.23. The SMILES string of the molecule is Cc1ccc(C=c2sc(=CC(=O)c3ccccc3C)[nH]c2=O)s1. The number of ketones is 1. The van der Waals surface area contributed by atoms with Crippen molar-refractivity contribution in [1.82, 2.24) is 4.98 Å². The Morgan fingerprint density at radius 2 is 1.87 bits per heavy atom. The van der Waals surface area contributed by atoms with Crippen molar-refractivity contribution in [1.29, 1.82) is 0 Å². The second kappa shape index (κ2) is 6.48. The van der Waals surface area contributed by atoms with E-state index in [0.717, 1.165) is 10.4 Å². The maximum Gasteiger partial charge on any atom is 0.266 e. The first kappa shape index (κ1) is 15.6. The summed E-state index contributed by atoms with van der Waals surface area (Å²) in [5.41, 5.74) is 1.42. The standard InChI is InChI=1S/C18H15NO2S2/c1-11-5-3-4-6-14(11)15(20)10-17-19-18(21)16(23-17)9-13-8-7-12(2)22-13/h3-10H,1-2H3,(H,19,21). The summed E-state index contributed by atoms with van der Waals surface area (Å²) in [5.74, 6) is -0.0980. The van der Waals surface area contributed by atoms with Crippen LogP contribution in [-0.2, 0) is 0 Å². The molecule has 5 heteroatoms. The highest BCUT2D eigenvalue weighted by Gasteiger charge is 2.06. The molecule has 0 aliphatic carbocycles. The maximum atomic E-state index is 12.3. The molecular formula is C18H15NO2S2. The van der Waals surface area contributed by atoms with E-state index in [-0.39, 0.29) is 11.3 Å². The van der Waals surface area contributed by atoms with Gasteiger partial charge in [0.05, 0.1) is 9.20 Å². The molecule has 0 aliphatic heterocycles. The number of hydrogen-bond acceptors (Lipinski definition) is 4. The van der Waals surface area contributed by atoms with Crippen LogP contribution in [0.15, 0.2) is 41.2 Å². The van der Waals surface area contributed by atoms with Crippen molar-refractivity contribution in [3.05, 3.63) is 76.8 Å². The average molecular weight is 341 g/mol. The molecular weight excluding hydrogens is 326 g/mol. The molecule has 2 aromatic heterocycles. The number of rotatable bonds is 3. The third kappa shape index (κ3) is 3.57. The summed E-state index contributed by atoms with van der Waals surface area (Å²) in [7, 11) is 0. The number of carbonyl (C=O) groups is 1. The van der Waals surface area contributed by atoms with Crippen LogP contribution >= 0.6 is 22.7 Å². The second-order valence-electron chi connectivity index (χ2n) is 5.20. The largest absolute Gasteiger partial charge is 0.313 e. The number of benzene rings is 1. The summed E-state index contributed by atoms with van der Waals surface area (Å²) in [5, 5.41) is 0. The van der Waals surface area contributed by atoms with Crippen LogP contribution < -0.4 is 14.8 Å². The van der Waals surface area contributed by atoms with Gasteiger partial charge in [-0.25, -0.2) is 0 Å². The van der Waals surface area contributed by atoms with Crippen molar-refractivity contribution >= 4 is 40.6 Å². The van der Waals surface area contributed by atoms with Crippen molar-refractivity contribution in [3.8, 4) is 0 Å². The minimum absolute atomic E-state index is 0.0980. The first-order valence-electron chi connectivity index (χ1n) is 7.12. The van der Waals surface area contributed by atoms with Crippen molar-refractivity contribution < 1.29 is 4.79 Å². The molecule has 116 valence electrons. The lowest BCUT2D eigenvalue weighted by Gasteiger charge is -1.99. The first-order valence-corrected chi connectivity index (χ1v) is 8.75. The van der Waals surface area contributed by atoms with E-state index in [0.29, 0.717) is 14.8 Å². The Morgan fingerprint density at radius 1 is 1.09 bits per heavy atom. The van der Waals surface area contributed by atoms with E-state index in [4.69, 9.17) is 0 Å². The molecule has 0 spiro atoms. The Labute approximate surface area is 141 Å². The molecule has 3 nitrogen and oxygen atoms in total. The monoisotopic (exact) mass is 341 g/mol. The molecule has 0 amide bonds. The van der Waals surface area contributed by atoms with Gasteiger partial charge in [-0.2, -0.15) is 0 Å². The molecule has 0 saturated heterocycles. The molecule has 0 unspecified atom stereocenters. The van der Waals surface area contributed by atoms with Crippen LogP contribution in [0.3, 0.4) is 0 Å². The zero-order valence-electron chi connectivity index (χ0n) is 12.8. The summed E-state index contributed by atoms with van der Waals surface area (Å²) in [6.45, 7) is 3.93. The van der Waals surface area contributed by atoms with Crippen LogP contribution in [0.1, 0.15) is 25.7 Å². The van der Waals surface area contributed by atoms with Crippen molar-refractivity contribution in [3.63, 3.8) is 0 Å². The molecule has 0 atom stereocenters. The topological polar surface area (TPSA) is 49.9 Å². The van der Waals surface area contributed by atoms with Gasteiger partial charge in [-0.05, 0) is 37.6 Å². The molecule has 3 aromatic rings. The Kier molecular flexibility index (Phi) is 4.41. The highest BCUT2D eigenvalue weighted by molar-refractivity contribution is 7.13. The number of thiophene rings is 1. The number of aromatic amines is 1. The van der Waals surface area contributed by atoms with Gasteiger partial charge in [0.25, 0.3) is 5.56 Å². The quantitative estimate of drug-likeness (QED) is 0.745. The number of H-pyrrole nitrogens is 1. The number of aryl methyl sites for hydroxylation is 2. The zero-order valence-corrected chi connectivity index (χ0v) is 14.4. The van der Waals surface area contributed by atoms with E-state index < -0.39 is 0 Å². The molecule has 0 fully saturated rings. The fraction of sp³-hybridized carbons (Fsp3) is 0.111. The molecule has 1 aromatic carbocycles. The molecule has 2 heterocycles. The number of nitrogens with one attached hydrogen (secondary N) is 1. The summed E-state index contributed by atoms with van der Waals surface area (Å²) in [4.78, 5) is 29.4. The summed E-state index contributed by atoms with van der Waals surface area (Å²) < 4.78 is 1.18. The van der Waals surface area contributed by atoms with E-state index in [1.807, 2.05) is 50.3 Å². The number of hydrogen-bond donors (Lipinski definition) is 1. The number of Topliss-reactive ketones (excluding diaryl/α,β-unsaturated/α-hetero) is 1. The highest BCUT2D eigenvalue weighted by Crippen LogP contribution is 2.15. The van der Waals surface area contributed by atoms with Gasteiger partial charge in [0.1, 0.15) is 0 Å². The number of carbonyl (C=O) groups excluding carboxylic acids is 1. The average Bonchev–Trinajstić information content (AvgIpc) is 3.06. The van der Waals surface area contributed by atoms with Gasteiger partial charge >= 0.3 is 0 Å². The lowest BCUT2D eigenvalue weighted by atomic mass is 10.1. The minimum atomic E-state index is -0.162. The van der Waals surface area contributed by atoms with Gasteiger partial charge in [0.2, 0.25) is 0 Å². The maximum absolute atomic E-state index is 12.3. The van der Waals surface area contributed by atoms with Crippen molar-refractivity contribution in [2.75, 3.05) is 0 Å². The predicted octanol–water partition coefficient (Wildman–Crippen LogP) is 2.61. The Balaban J connectivity index is 2.01. The molecule has 0 saturated carbocycles. The minimum Gasteiger partial charge on any atom is -0.313 e. The third-order valence-electron chi connectivity index (χ3n) is 3.39. The lowest BCUT2D eigenvalue weighted by molar-refractivity contribution is 0.106. The normalized spacial score (nSPS) is 12.8. The Hall–Kier alpha value is -2.24. The first-order chi connectivity index (χ1) is 11.0.